The summed E-state index contributed by atoms with van der Waals surface area (Å²) in [4.78, 5) is 0. The fourth-order valence-electron chi connectivity index (χ4n) is 2.03. The first-order valence-electron chi connectivity index (χ1n) is 6.44. The Morgan fingerprint density at radius 3 is 2.76 bits per heavy atom. The summed E-state index contributed by atoms with van der Waals surface area (Å²) in [6, 6.07) is 4.22. The average molecular weight is 235 g/mol. The normalized spacial score (nSPS) is 16.8. The molecule has 0 saturated heterocycles. The van der Waals surface area contributed by atoms with Gasteiger partial charge in [-0.25, -0.2) is 0 Å². The Morgan fingerprint density at radius 2 is 2.24 bits per heavy atom. The van der Waals surface area contributed by atoms with Crippen LogP contribution in [0.5, 0.6) is 5.88 Å². The molecule has 1 aromatic heterocycles. The van der Waals surface area contributed by atoms with E-state index < -0.39 is 0 Å². The van der Waals surface area contributed by atoms with Crippen molar-refractivity contribution < 1.29 is 4.74 Å². The summed E-state index contributed by atoms with van der Waals surface area (Å²) in [5.41, 5.74) is 1.02. The van der Waals surface area contributed by atoms with Crippen LogP contribution in [0, 0.1) is 5.92 Å². The van der Waals surface area contributed by atoms with Crippen molar-refractivity contribution in [2.24, 2.45) is 5.92 Å². The maximum atomic E-state index is 5.02. The largest absolute Gasteiger partial charge is 0.480 e. The molecule has 17 heavy (non-hydrogen) atoms. The van der Waals surface area contributed by atoms with Crippen molar-refractivity contribution in [3.8, 4) is 5.88 Å². The molecule has 1 unspecified atom stereocenters. The van der Waals surface area contributed by atoms with Crippen LogP contribution in [0.3, 0.4) is 0 Å². The van der Waals surface area contributed by atoms with Crippen molar-refractivity contribution in [3.05, 3.63) is 17.8 Å². The zero-order valence-corrected chi connectivity index (χ0v) is 10.6. The number of nitrogens with one attached hydrogen (secondary N) is 1. The maximum Gasteiger partial charge on any atom is 0.233 e. The fraction of sp³-hybridized carbons (Fsp3) is 0.692. The van der Waals surface area contributed by atoms with E-state index in [2.05, 4.69) is 22.4 Å². The number of ether oxygens (including phenoxy) is 1. The van der Waals surface area contributed by atoms with Crippen LogP contribution in [0.15, 0.2) is 12.1 Å². The summed E-state index contributed by atoms with van der Waals surface area (Å²) >= 11 is 0. The van der Waals surface area contributed by atoms with E-state index >= 15 is 0 Å². The molecule has 0 aliphatic heterocycles. The van der Waals surface area contributed by atoms with Crippen molar-refractivity contribution >= 4 is 0 Å². The van der Waals surface area contributed by atoms with Crippen LogP contribution in [-0.2, 0) is 0 Å². The molecular weight excluding hydrogens is 214 g/mol. The molecular formula is C13H21N3O. The summed E-state index contributed by atoms with van der Waals surface area (Å²) in [7, 11) is 1.61. The first-order valence-corrected chi connectivity index (χ1v) is 6.44. The van der Waals surface area contributed by atoms with E-state index in [4.69, 9.17) is 4.74 Å². The Labute approximate surface area is 103 Å². The Hall–Kier alpha value is -1.16. The molecule has 2 rings (SSSR count). The second kappa shape index (κ2) is 5.96. The van der Waals surface area contributed by atoms with Crippen LogP contribution in [0.25, 0.3) is 0 Å². The van der Waals surface area contributed by atoms with Gasteiger partial charge in [0.05, 0.1) is 18.8 Å². The summed E-state index contributed by atoms with van der Waals surface area (Å²) in [6.07, 6.45) is 5.27. The third-order valence-electron chi connectivity index (χ3n) is 3.24. The van der Waals surface area contributed by atoms with E-state index in [1.165, 1.54) is 19.3 Å². The zero-order valence-electron chi connectivity index (χ0n) is 10.6. The van der Waals surface area contributed by atoms with E-state index in [0.717, 1.165) is 24.6 Å². The lowest BCUT2D eigenvalue weighted by Gasteiger charge is -2.16. The van der Waals surface area contributed by atoms with Gasteiger partial charge in [0.15, 0.2) is 0 Å². The highest BCUT2D eigenvalue weighted by molar-refractivity contribution is 5.14. The molecule has 1 N–H and O–H groups in total. The number of hydrogen-bond donors (Lipinski definition) is 1. The SMILES string of the molecule is CCNC(CCC1CC1)c1ccc(OC)nn1. The number of hydrogen-bond acceptors (Lipinski definition) is 4. The molecule has 94 valence electrons. The second-order valence-corrected chi connectivity index (χ2v) is 4.63. The quantitative estimate of drug-likeness (QED) is 0.788. The third-order valence-corrected chi connectivity index (χ3v) is 3.24. The van der Waals surface area contributed by atoms with Crippen LogP contribution < -0.4 is 10.1 Å². The molecule has 0 radical (unpaired) electrons. The van der Waals surface area contributed by atoms with E-state index in [9.17, 15) is 0 Å². The van der Waals surface area contributed by atoms with Gasteiger partial charge >= 0.3 is 0 Å². The van der Waals surface area contributed by atoms with Gasteiger partial charge in [-0.15, -0.1) is 5.10 Å². The number of methoxy groups -OCH3 is 1. The molecule has 0 aromatic carbocycles. The average Bonchev–Trinajstić information content (AvgIpc) is 3.19. The lowest BCUT2D eigenvalue weighted by Crippen LogP contribution is -2.22. The molecule has 1 atom stereocenters. The standard InChI is InChI=1S/C13H21N3O/c1-3-14-11(7-6-10-4-5-10)12-8-9-13(17-2)16-15-12/h8-11,14H,3-7H2,1-2H3. The lowest BCUT2D eigenvalue weighted by atomic mass is 10.1. The number of aromatic nitrogens is 2. The highest BCUT2D eigenvalue weighted by atomic mass is 16.5. The van der Waals surface area contributed by atoms with Crippen LogP contribution in [0.4, 0.5) is 0 Å². The van der Waals surface area contributed by atoms with Gasteiger partial charge in [-0.3, -0.25) is 0 Å². The van der Waals surface area contributed by atoms with Gasteiger partial charge in [0.2, 0.25) is 5.88 Å². The van der Waals surface area contributed by atoms with Crippen molar-refractivity contribution in [1.82, 2.24) is 15.5 Å². The molecule has 1 saturated carbocycles. The number of nitrogens with zero attached hydrogens (tertiary/aromatic N) is 2. The van der Waals surface area contributed by atoms with E-state index in [-0.39, 0.29) is 0 Å². The van der Waals surface area contributed by atoms with Crippen molar-refractivity contribution in [1.29, 1.82) is 0 Å². The summed E-state index contributed by atoms with van der Waals surface area (Å²) in [5, 5.41) is 11.7. The smallest absolute Gasteiger partial charge is 0.233 e. The Bertz CT molecular complexity index is 335. The van der Waals surface area contributed by atoms with Gasteiger partial charge in [0.1, 0.15) is 0 Å². The monoisotopic (exact) mass is 235 g/mol. The van der Waals surface area contributed by atoms with Crippen molar-refractivity contribution in [2.75, 3.05) is 13.7 Å². The molecule has 4 nitrogen and oxygen atoms in total. The van der Waals surface area contributed by atoms with Gasteiger partial charge in [-0.1, -0.05) is 19.8 Å². The first kappa shape index (κ1) is 12.3. The molecule has 1 aliphatic carbocycles. The minimum absolute atomic E-state index is 0.332. The van der Waals surface area contributed by atoms with Crippen LogP contribution in [0.2, 0.25) is 0 Å². The van der Waals surface area contributed by atoms with Crippen LogP contribution in [0.1, 0.15) is 44.3 Å². The highest BCUT2D eigenvalue weighted by Crippen LogP contribution is 2.35. The molecule has 1 heterocycles. The topological polar surface area (TPSA) is 47.0 Å². The lowest BCUT2D eigenvalue weighted by molar-refractivity contribution is 0.387. The summed E-state index contributed by atoms with van der Waals surface area (Å²) in [5.74, 6) is 1.54. The van der Waals surface area contributed by atoms with E-state index in [1.807, 2.05) is 12.1 Å². The van der Waals surface area contributed by atoms with Gasteiger partial charge in [0, 0.05) is 6.07 Å². The highest BCUT2D eigenvalue weighted by Gasteiger charge is 2.23. The van der Waals surface area contributed by atoms with Crippen LogP contribution >= 0.6 is 0 Å². The van der Waals surface area contributed by atoms with Gasteiger partial charge in [-0.2, -0.15) is 5.10 Å². The van der Waals surface area contributed by atoms with Crippen molar-refractivity contribution in [3.63, 3.8) is 0 Å². The first-order chi connectivity index (χ1) is 8.33. The van der Waals surface area contributed by atoms with Crippen molar-refractivity contribution in [2.45, 2.75) is 38.6 Å². The summed E-state index contributed by atoms with van der Waals surface area (Å²) in [6.45, 7) is 3.09. The Morgan fingerprint density at radius 1 is 1.41 bits per heavy atom. The molecule has 0 bridgehead atoms. The number of rotatable bonds is 7. The predicted molar refractivity (Wildman–Crippen MR) is 67.0 cm³/mol. The fourth-order valence-corrected chi connectivity index (χ4v) is 2.03. The molecule has 1 fully saturated rings. The molecule has 4 heteroatoms. The van der Waals surface area contributed by atoms with Gasteiger partial charge < -0.3 is 10.1 Å². The van der Waals surface area contributed by atoms with Gasteiger partial charge in [-0.05, 0) is 31.4 Å². The van der Waals surface area contributed by atoms with Gasteiger partial charge in [0.25, 0.3) is 0 Å². The molecule has 1 aromatic rings. The summed E-state index contributed by atoms with van der Waals surface area (Å²) < 4.78 is 5.02. The second-order valence-electron chi connectivity index (χ2n) is 4.63. The minimum Gasteiger partial charge on any atom is -0.480 e. The molecule has 1 aliphatic rings. The zero-order chi connectivity index (χ0) is 12.1. The predicted octanol–water partition coefficient (Wildman–Crippen LogP) is 2.33. The van der Waals surface area contributed by atoms with Crippen LogP contribution in [-0.4, -0.2) is 23.9 Å². The maximum absolute atomic E-state index is 5.02. The minimum atomic E-state index is 0.332. The van der Waals surface area contributed by atoms with E-state index in [1.54, 1.807) is 7.11 Å². The Kier molecular flexibility index (Phi) is 4.31. The molecule has 0 spiro atoms. The molecule has 0 amide bonds. The Balaban J connectivity index is 1.96. The van der Waals surface area contributed by atoms with E-state index in [0.29, 0.717) is 11.9 Å². The third kappa shape index (κ3) is 3.66.